The summed E-state index contributed by atoms with van der Waals surface area (Å²) in [7, 11) is 0. The molecule has 1 aromatic rings. The molecule has 0 aliphatic rings. The number of aliphatic carboxylic acids is 1. The first-order valence-electron chi connectivity index (χ1n) is 13.3. The number of hydrogen-bond acceptors (Lipinski definition) is 11. The number of carboxylic acids is 1. The fraction of sp³-hybridized carbons (Fsp3) is 0.655. The van der Waals surface area contributed by atoms with Crippen LogP contribution in [0.3, 0.4) is 0 Å². The van der Waals surface area contributed by atoms with Gasteiger partial charge in [-0.25, -0.2) is 14.4 Å². The second kappa shape index (κ2) is 14.9. The van der Waals surface area contributed by atoms with E-state index in [0.29, 0.717) is 5.56 Å². The molecule has 1 aromatic carbocycles. The molecule has 0 aromatic heterocycles. The van der Waals surface area contributed by atoms with E-state index in [4.69, 9.17) is 28.4 Å². The minimum Gasteiger partial charge on any atom is -0.480 e. The Labute approximate surface area is 241 Å². The quantitative estimate of drug-likeness (QED) is 0.185. The number of hydrogen-bond donors (Lipinski definition) is 2. The maximum absolute atomic E-state index is 12.4. The van der Waals surface area contributed by atoms with Crippen molar-refractivity contribution in [2.24, 2.45) is 10.8 Å². The molecule has 0 aliphatic carbocycles. The smallest absolute Gasteiger partial charge is 0.480 e. The largest absolute Gasteiger partial charge is 0.513 e. The van der Waals surface area contributed by atoms with E-state index in [2.05, 4.69) is 5.32 Å². The molecule has 0 spiro atoms. The van der Waals surface area contributed by atoms with Crippen LogP contribution in [-0.4, -0.2) is 67.0 Å². The van der Waals surface area contributed by atoms with Gasteiger partial charge in [0.25, 0.3) is 0 Å². The van der Waals surface area contributed by atoms with Crippen molar-refractivity contribution in [3.05, 3.63) is 23.8 Å². The molecule has 2 N–H and O–H groups in total. The predicted octanol–water partition coefficient (Wildman–Crippen LogP) is 5.74. The molecule has 41 heavy (non-hydrogen) atoms. The van der Waals surface area contributed by atoms with Crippen molar-refractivity contribution in [3.63, 3.8) is 0 Å². The summed E-state index contributed by atoms with van der Waals surface area (Å²) in [4.78, 5) is 48.5. The third-order valence-corrected chi connectivity index (χ3v) is 4.72. The summed E-state index contributed by atoms with van der Waals surface area (Å²) < 4.78 is 31.1. The van der Waals surface area contributed by atoms with Crippen LogP contribution in [0.1, 0.15) is 74.8 Å². The number of benzene rings is 1. The summed E-state index contributed by atoms with van der Waals surface area (Å²) in [5, 5.41) is 12.6. The number of nitrogens with one attached hydrogen (secondary N) is 1. The van der Waals surface area contributed by atoms with Crippen molar-refractivity contribution < 1.29 is 52.7 Å². The first-order chi connectivity index (χ1) is 18.6. The average molecular weight is 584 g/mol. The summed E-state index contributed by atoms with van der Waals surface area (Å²) in [5.41, 5.74) is -0.902. The van der Waals surface area contributed by atoms with Gasteiger partial charge in [-0.15, -0.1) is 0 Å². The highest BCUT2D eigenvalue weighted by Crippen LogP contribution is 2.30. The lowest BCUT2D eigenvalue weighted by atomic mass is 9.99. The number of rotatable bonds is 11. The highest BCUT2D eigenvalue weighted by molar-refractivity contribution is 5.74. The van der Waals surface area contributed by atoms with Gasteiger partial charge in [0.05, 0.1) is 13.2 Å². The number of carbonyl (C=O) groups excluding carboxylic acids is 3. The summed E-state index contributed by atoms with van der Waals surface area (Å²) in [6.45, 7) is 18.2. The maximum atomic E-state index is 12.4. The zero-order chi connectivity index (χ0) is 31.6. The molecule has 0 heterocycles. The summed E-state index contributed by atoms with van der Waals surface area (Å²) in [6.07, 6.45) is -3.61. The molecular formula is C29H45NO11. The third-order valence-electron chi connectivity index (χ3n) is 4.72. The van der Waals surface area contributed by atoms with E-state index < -0.39 is 42.2 Å². The minimum atomic E-state index is -1.16. The Morgan fingerprint density at radius 1 is 0.805 bits per heavy atom. The van der Waals surface area contributed by atoms with Crippen LogP contribution in [0.4, 0.5) is 14.4 Å². The van der Waals surface area contributed by atoms with Crippen LogP contribution in [0.5, 0.6) is 11.5 Å². The average Bonchev–Trinajstić information content (AvgIpc) is 2.78. The van der Waals surface area contributed by atoms with E-state index in [1.807, 2.05) is 41.5 Å². The predicted molar refractivity (Wildman–Crippen MR) is 149 cm³/mol. The number of carboxylic acid groups (broad SMARTS) is 1. The van der Waals surface area contributed by atoms with Crippen molar-refractivity contribution in [2.75, 3.05) is 19.8 Å². The lowest BCUT2D eigenvalue weighted by Crippen LogP contribution is -2.43. The van der Waals surface area contributed by atoms with Gasteiger partial charge in [-0.05, 0) is 62.6 Å². The van der Waals surface area contributed by atoms with Gasteiger partial charge in [-0.3, -0.25) is 4.79 Å². The molecule has 2 atom stereocenters. The van der Waals surface area contributed by atoms with Gasteiger partial charge < -0.3 is 38.8 Å². The van der Waals surface area contributed by atoms with E-state index in [-0.39, 0.29) is 48.5 Å². The summed E-state index contributed by atoms with van der Waals surface area (Å²) in [5.74, 6) is -1.42. The molecule has 0 bridgehead atoms. The molecule has 1 rings (SSSR count). The van der Waals surface area contributed by atoms with E-state index in [1.165, 1.54) is 18.2 Å². The molecule has 12 nitrogen and oxygen atoms in total. The molecule has 1 unspecified atom stereocenters. The number of carbonyl (C=O) groups is 4. The van der Waals surface area contributed by atoms with Crippen molar-refractivity contribution in [1.29, 1.82) is 0 Å². The van der Waals surface area contributed by atoms with E-state index >= 15 is 0 Å². The lowest BCUT2D eigenvalue weighted by molar-refractivity contribution is -0.139. The van der Waals surface area contributed by atoms with Crippen molar-refractivity contribution in [2.45, 2.75) is 93.4 Å². The molecular weight excluding hydrogens is 538 g/mol. The Hall–Kier alpha value is -3.54. The second-order valence-electron chi connectivity index (χ2n) is 13.1. The maximum Gasteiger partial charge on any atom is 0.513 e. The highest BCUT2D eigenvalue weighted by Gasteiger charge is 2.24. The van der Waals surface area contributed by atoms with Gasteiger partial charge >= 0.3 is 24.4 Å². The van der Waals surface area contributed by atoms with Crippen molar-refractivity contribution in [1.82, 2.24) is 5.32 Å². The summed E-state index contributed by atoms with van der Waals surface area (Å²) in [6, 6.07) is 3.18. The van der Waals surface area contributed by atoms with E-state index in [9.17, 15) is 24.3 Å². The zero-order valence-corrected chi connectivity index (χ0v) is 25.7. The SMILES string of the molecule is CC(CN[C@@H](Cc1ccc(OC(=O)OCC(C)(C)C)c(OC(=O)OCC(C)(C)C)c1)C(=O)O)OC(=O)OC(C)(C)C. The Morgan fingerprint density at radius 2 is 1.32 bits per heavy atom. The first kappa shape index (κ1) is 35.5. The molecule has 12 heteroatoms. The molecule has 0 saturated carbocycles. The molecule has 0 aliphatic heterocycles. The van der Waals surface area contributed by atoms with Gasteiger partial charge in [0.2, 0.25) is 0 Å². The fourth-order valence-electron chi connectivity index (χ4n) is 2.90. The standard InChI is InChI=1S/C29H45NO11/c1-18(38-26(35)41-29(8,9)10)15-30-20(23(31)32)13-19-11-12-21(39-24(33)36-16-27(2,3)4)22(14-19)40-25(34)37-17-28(5,6)7/h11-12,14,18,20,30H,13,15-17H2,1-10H3,(H,31,32)/t18?,20-/m0/s1. The topological polar surface area (TPSA) is 156 Å². The van der Waals surface area contributed by atoms with Gasteiger partial charge in [0.15, 0.2) is 11.5 Å². The van der Waals surface area contributed by atoms with Crippen molar-refractivity contribution >= 4 is 24.4 Å². The van der Waals surface area contributed by atoms with Crippen LogP contribution in [0.2, 0.25) is 0 Å². The van der Waals surface area contributed by atoms with Crippen LogP contribution in [-0.2, 0) is 30.2 Å². The van der Waals surface area contributed by atoms with E-state index in [0.717, 1.165) is 0 Å². The molecule has 232 valence electrons. The Bertz CT molecular complexity index is 1050. The second-order valence-corrected chi connectivity index (χ2v) is 13.1. The van der Waals surface area contributed by atoms with Gasteiger partial charge in [0, 0.05) is 6.54 Å². The zero-order valence-electron chi connectivity index (χ0n) is 25.7. The van der Waals surface area contributed by atoms with Crippen molar-refractivity contribution in [3.8, 4) is 11.5 Å². The minimum absolute atomic E-state index is 0.0273. The Kier molecular flexibility index (Phi) is 12.9. The normalized spacial score (nSPS) is 13.4. The van der Waals surface area contributed by atoms with Crippen LogP contribution in [0, 0.1) is 10.8 Å². The molecule has 0 fully saturated rings. The van der Waals surface area contributed by atoms with Gasteiger partial charge in [-0.1, -0.05) is 47.6 Å². The molecule has 0 radical (unpaired) electrons. The Balaban J connectivity index is 3.03. The van der Waals surface area contributed by atoms with Crippen LogP contribution in [0.25, 0.3) is 0 Å². The lowest BCUT2D eigenvalue weighted by Gasteiger charge is -2.22. The molecule has 0 amide bonds. The van der Waals surface area contributed by atoms with Crippen LogP contribution < -0.4 is 14.8 Å². The first-order valence-corrected chi connectivity index (χ1v) is 13.3. The fourth-order valence-corrected chi connectivity index (χ4v) is 2.90. The van der Waals surface area contributed by atoms with E-state index in [1.54, 1.807) is 27.7 Å². The third kappa shape index (κ3) is 16.3. The molecule has 0 saturated heterocycles. The van der Waals surface area contributed by atoms with Crippen LogP contribution in [0.15, 0.2) is 18.2 Å². The number of ether oxygens (including phenoxy) is 6. The van der Waals surface area contributed by atoms with Gasteiger partial charge in [-0.2, -0.15) is 0 Å². The van der Waals surface area contributed by atoms with Crippen LogP contribution >= 0.6 is 0 Å². The summed E-state index contributed by atoms with van der Waals surface area (Å²) >= 11 is 0. The highest BCUT2D eigenvalue weighted by atomic mass is 16.7. The van der Waals surface area contributed by atoms with Gasteiger partial charge in [0.1, 0.15) is 17.7 Å². The Morgan fingerprint density at radius 3 is 1.78 bits per heavy atom. The monoisotopic (exact) mass is 583 g/mol.